The van der Waals surface area contributed by atoms with Gasteiger partial charge in [-0.05, 0) is 31.2 Å². The van der Waals surface area contributed by atoms with Gasteiger partial charge in [-0.3, -0.25) is 4.90 Å². The lowest BCUT2D eigenvalue weighted by atomic mass is 10.0. The van der Waals surface area contributed by atoms with Crippen LogP contribution in [0.5, 0.6) is 0 Å². The van der Waals surface area contributed by atoms with Gasteiger partial charge in [0.05, 0.1) is 5.69 Å². The Morgan fingerprint density at radius 2 is 1.81 bits per heavy atom. The van der Waals surface area contributed by atoms with Crippen molar-refractivity contribution in [3.63, 3.8) is 0 Å². The first-order chi connectivity index (χ1) is 10.3. The molecule has 1 saturated carbocycles. The summed E-state index contributed by atoms with van der Waals surface area (Å²) in [4.78, 5) is 4.81. The smallest absolute Gasteiger partial charge is 0.169 e. The number of rotatable bonds is 4. The van der Waals surface area contributed by atoms with E-state index in [1.807, 2.05) is 0 Å². The number of hydrogen-bond donors (Lipinski definition) is 0. The average molecular weight is 285 g/mol. The molecule has 21 heavy (non-hydrogen) atoms. The zero-order valence-electron chi connectivity index (χ0n) is 13.0. The van der Waals surface area contributed by atoms with Crippen molar-refractivity contribution in [1.82, 2.24) is 15.1 Å². The Kier molecular flexibility index (Phi) is 4.07. The molecular formula is C16H23N5. The molecule has 1 aliphatic heterocycles. The third-order valence-corrected chi connectivity index (χ3v) is 4.62. The molecule has 0 spiro atoms. The van der Waals surface area contributed by atoms with Gasteiger partial charge in [0.2, 0.25) is 0 Å². The fourth-order valence-corrected chi connectivity index (χ4v) is 3.24. The number of anilines is 1. The summed E-state index contributed by atoms with van der Waals surface area (Å²) in [7, 11) is 0. The number of hydrogen-bond acceptors (Lipinski definition) is 5. The third-order valence-electron chi connectivity index (χ3n) is 4.62. The fourth-order valence-electron chi connectivity index (χ4n) is 3.24. The monoisotopic (exact) mass is 285 g/mol. The molecule has 0 N–H and O–H groups in total. The van der Waals surface area contributed by atoms with Crippen molar-refractivity contribution in [2.45, 2.75) is 45.6 Å². The number of nitrogens with zero attached hydrogens (tertiary/aromatic N) is 5. The van der Waals surface area contributed by atoms with Gasteiger partial charge in [-0.1, -0.05) is 13.8 Å². The van der Waals surface area contributed by atoms with Gasteiger partial charge in [0.25, 0.3) is 0 Å². The van der Waals surface area contributed by atoms with Crippen LogP contribution in [0.1, 0.15) is 43.5 Å². The molecule has 112 valence electrons. The zero-order valence-corrected chi connectivity index (χ0v) is 13.0. The minimum absolute atomic E-state index is 0.740. The van der Waals surface area contributed by atoms with Crippen LogP contribution in [0, 0.1) is 11.3 Å². The highest BCUT2D eigenvalue weighted by molar-refractivity contribution is 5.58. The standard InChI is InChI=1S/C16H23N5/c1-3-13-14(11-17)16(19-18-15(13)4-2)21-9-7-20(8-10-21)12-5-6-12/h12H,3-10H2,1-2H3. The van der Waals surface area contributed by atoms with Crippen LogP contribution in [0.3, 0.4) is 0 Å². The maximum atomic E-state index is 9.58. The topological polar surface area (TPSA) is 56.1 Å². The summed E-state index contributed by atoms with van der Waals surface area (Å²) < 4.78 is 0. The molecule has 0 aromatic carbocycles. The molecule has 0 amide bonds. The predicted molar refractivity (Wildman–Crippen MR) is 82.3 cm³/mol. The Morgan fingerprint density at radius 1 is 1.10 bits per heavy atom. The van der Waals surface area contributed by atoms with Crippen molar-refractivity contribution >= 4 is 5.82 Å². The van der Waals surface area contributed by atoms with Crippen LogP contribution in [0.15, 0.2) is 0 Å². The summed E-state index contributed by atoms with van der Waals surface area (Å²) in [6, 6.07) is 3.20. The lowest BCUT2D eigenvalue weighted by Gasteiger charge is -2.35. The summed E-state index contributed by atoms with van der Waals surface area (Å²) >= 11 is 0. The van der Waals surface area contributed by atoms with E-state index in [9.17, 15) is 5.26 Å². The van der Waals surface area contributed by atoms with Crippen molar-refractivity contribution in [2.24, 2.45) is 0 Å². The number of nitriles is 1. The first-order valence-electron chi connectivity index (χ1n) is 8.06. The Hall–Kier alpha value is -1.67. The van der Waals surface area contributed by atoms with E-state index >= 15 is 0 Å². The van der Waals surface area contributed by atoms with Crippen molar-refractivity contribution in [1.29, 1.82) is 5.26 Å². The molecule has 5 heteroatoms. The summed E-state index contributed by atoms with van der Waals surface area (Å²) in [5.74, 6) is 0.794. The normalized spacial score (nSPS) is 19.6. The molecule has 5 nitrogen and oxygen atoms in total. The summed E-state index contributed by atoms with van der Waals surface area (Å²) in [5.41, 5.74) is 2.79. The average Bonchev–Trinajstić information content (AvgIpc) is 3.38. The van der Waals surface area contributed by atoms with E-state index in [0.29, 0.717) is 0 Å². The first-order valence-corrected chi connectivity index (χ1v) is 8.06. The number of piperazine rings is 1. The van der Waals surface area contributed by atoms with Gasteiger partial charge in [0.15, 0.2) is 5.82 Å². The van der Waals surface area contributed by atoms with Gasteiger partial charge in [0.1, 0.15) is 11.6 Å². The second kappa shape index (κ2) is 5.98. The maximum absolute atomic E-state index is 9.58. The van der Waals surface area contributed by atoms with Crippen molar-refractivity contribution < 1.29 is 0 Å². The van der Waals surface area contributed by atoms with Crippen LogP contribution < -0.4 is 4.90 Å². The fraction of sp³-hybridized carbons (Fsp3) is 0.688. The lowest BCUT2D eigenvalue weighted by Crippen LogP contribution is -2.47. The molecule has 0 atom stereocenters. The van der Waals surface area contributed by atoms with Crippen LogP contribution in [-0.4, -0.2) is 47.3 Å². The molecule has 3 rings (SSSR count). The van der Waals surface area contributed by atoms with E-state index in [1.54, 1.807) is 0 Å². The Balaban J connectivity index is 1.83. The van der Waals surface area contributed by atoms with E-state index in [0.717, 1.165) is 67.7 Å². The molecule has 2 heterocycles. The van der Waals surface area contributed by atoms with E-state index in [1.165, 1.54) is 12.8 Å². The second-order valence-corrected chi connectivity index (χ2v) is 5.90. The number of aromatic nitrogens is 2. The van der Waals surface area contributed by atoms with Gasteiger partial charge in [-0.25, -0.2) is 0 Å². The van der Waals surface area contributed by atoms with Crippen LogP contribution in [0.25, 0.3) is 0 Å². The molecule has 2 fully saturated rings. The van der Waals surface area contributed by atoms with Gasteiger partial charge in [0, 0.05) is 32.2 Å². The molecular weight excluding hydrogens is 262 g/mol. The quantitative estimate of drug-likeness (QED) is 0.843. The lowest BCUT2D eigenvalue weighted by molar-refractivity contribution is 0.247. The minimum atomic E-state index is 0.740. The highest BCUT2D eigenvalue weighted by atomic mass is 15.3. The van der Waals surface area contributed by atoms with Crippen molar-refractivity contribution in [2.75, 3.05) is 31.1 Å². The largest absolute Gasteiger partial charge is 0.351 e. The molecule has 1 aromatic heterocycles. The summed E-state index contributed by atoms with van der Waals surface area (Å²) in [6.07, 6.45) is 4.39. The molecule has 1 aliphatic carbocycles. The van der Waals surface area contributed by atoms with Crippen molar-refractivity contribution in [3.8, 4) is 6.07 Å². The van der Waals surface area contributed by atoms with E-state index in [-0.39, 0.29) is 0 Å². The SMILES string of the molecule is CCc1nnc(N2CCN(C3CC3)CC2)c(C#N)c1CC. The summed E-state index contributed by atoms with van der Waals surface area (Å²) in [5, 5.41) is 18.3. The molecule has 2 aliphatic rings. The summed E-state index contributed by atoms with van der Waals surface area (Å²) in [6.45, 7) is 8.22. The minimum Gasteiger partial charge on any atom is -0.351 e. The van der Waals surface area contributed by atoms with E-state index in [2.05, 4.69) is 39.9 Å². The van der Waals surface area contributed by atoms with Gasteiger partial charge < -0.3 is 4.90 Å². The Labute approximate surface area is 126 Å². The van der Waals surface area contributed by atoms with Crippen LogP contribution in [0.2, 0.25) is 0 Å². The first kappa shape index (κ1) is 14.3. The van der Waals surface area contributed by atoms with E-state index in [4.69, 9.17) is 0 Å². The molecule has 1 saturated heterocycles. The van der Waals surface area contributed by atoms with Crippen LogP contribution >= 0.6 is 0 Å². The third kappa shape index (κ3) is 2.73. The van der Waals surface area contributed by atoms with Crippen molar-refractivity contribution in [3.05, 3.63) is 16.8 Å². The number of aryl methyl sites for hydroxylation is 1. The van der Waals surface area contributed by atoms with Gasteiger partial charge >= 0.3 is 0 Å². The van der Waals surface area contributed by atoms with E-state index < -0.39 is 0 Å². The predicted octanol–water partition coefficient (Wildman–Crippen LogP) is 1.76. The zero-order chi connectivity index (χ0) is 14.8. The Bertz CT molecular complexity index is 551. The van der Waals surface area contributed by atoms with Crippen LogP contribution in [0.4, 0.5) is 5.82 Å². The Morgan fingerprint density at radius 3 is 2.33 bits per heavy atom. The molecule has 1 aromatic rings. The highest BCUT2D eigenvalue weighted by Gasteiger charge is 2.32. The maximum Gasteiger partial charge on any atom is 0.169 e. The molecule has 0 bridgehead atoms. The second-order valence-electron chi connectivity index (χ2n) is 5.90. The molecule has 0 unspecified atom stereocenters. The van der Waals surface area contributed by atoms with Crippen LogP contribution in [-0.2, 0) is 12.8 Å². The highest BCUT2D eigenvalue weighted by Crippen LogP contribution is 2.29. The molecule has 0 radical (unpaired) electrons. The van der Waals surface area contributed by atoms with Gasteiger partial charge in [-0.2, -0.15) is 10.4 Å². The van der Waals surface area contributed by atoms with Gasteiger partial charge in [-0.15, -0.1) is 5.10 Å².